The normalized spacial score (nSPS) is 17.8. The predicted octanol–water partition coefficient (Wildman–Crippen LogP) is 6.32. The first kappa shape index (κ1) is 26.6. The van der Waals surface area contributed by atoms with Crippen molar-refractivity contribution >= 4 is 17.1 Å². The number of rotatable bonds is 6. The minimum atomic E-state index is -0.313. The second-order valence-electron chi connectivity index (χ2n) is 12.4. The van der Waals surface area contributed by atoms with E-state index in [1.807, 2.05) is 23.9 Å². The van der Waals surface area contributed by atoms with Gasteiger partial charge in [0.15, 0.2) is 11.5 Å². The molecule has 2 N–H and O–H groups in total. The molecule has 2 aliphatic rings. The Hall–Kier alpha value is -4.34. The van der Waals surface area contributed by atoms with E-state index in [9.17, 15) is 4.79 Å². The van der Waals surface area contributed by atoms with Crippen LogP contribution in [0.5, 0.6) is 0 Å². The second kappa shape index (κ2) is 9.89. The average molecular weight is 565 g/mol. The summed E-state index contributed by atoms with van der Waals surface area (Å²) in [6.45, 7) is 10.5. The van der Waals surface area contributed by atoms with Crippen molar-refractivity contribution in [3.63, 3.8) is 0 Å². The molecule has 0 aliphatic heterocycles. The van der Waals surface area contributed by atoms with Crippen LogP contribution in [0.25, 0.3) is 33.7 Å². The van der Waals surface area contributed by atoms with Crippen molar-refractivity contribution in [3.05, 3.63) is 64.7 Å². The van der Waals surface area contributed by atoms with Crippen LogP contribution < -0.4 is 5.32 Å². The summed E-state index contributed by atoms with van der Waals surface area (Å²) in [6.07, 6.45) is 7.76. The Morgan fingerprint density at radius 3 is 2.76 bits per heavy atom. The summed E-state index contributed by atoms with van der Waals surface area (Å²) in [5, 5.41) is 12.0. The lowest BCUT2D eigenvalue weighted by Gasteiger charge is -2.19. The fourth-order valence-corrected chi connectivity index (χ4v) is 6.27. The summed E-state index contributed by atoms with van der Waals surface area (Å²) in [4.78, 5) is 30.5. The van der Waals surface area contributed by atoms with Gasteiger partial charge in [-0.25, -0.2) is 9.97 Å². The number of benzene rings is 1. The number of carbonyl (C=O) groups excluding carboxylic acids is 1. The minimum absolute atomic E-state index is 0.0409. The molecule has 1 aromatic carbocycles. The molecular formula is C32H36N8O2. The van der Waals surface area contributed by atoms with E-state index in [0.29, 0.717) is 11.5 Å². The number of carbonyl (C=O) groups is 1. The fraction of sp³-hybridized carbons (Fsp3) is 0.438. The number of H-pyrrole nitrogens is 1. The Bertz CT molecular complexity index is 1820. The van der Waals surface area contributed by atoms with Crippen LogP contribution in [0.15, 0.2) is 35.0 Å². The third-order valence-electron chi connectivity index (χ3n) is 8.93. The van der Waals surface area contributed by atoms with Gasteiger partial charge in [-0.1, -0.05) is 36.7 Å². The maximum Gasteiger partial charge on any atom is 0.315 e. The van der Waals surface area contributed by atoms with E-state index in [1.165, 1.54) is 5.56 Å². The lowest BCUT2D eigenvalue weighted by atomic mass is 9.94. The van der Waals surface area contributed by atoms with Gasteiger partial charge in [-0.05, 0) is 82.6 Å². The molecule has 0 radical (unpaired) electrons. The van der Waals surface area contributed by atoms with Gasteiger partial charge in [0.25, 0.3) is 0 Å². The Kier molecular flexibility index (Phi) is 6.25. The van der Waals surface area contributed by atoms with Crippen LogP contribution >= 0.6 is 0 Å². The number of pyridine rings is 1. The van der Waals surface area contributed by atoms with Crippen LogP contribution in [-0.4, -0.2) is 40.8 Å². The van der Waals surface area contributed by atoms with E-state index < -0.39 is 0 Å². The van der Waals surface area contributed by atoms with Gasteiger partial charge in [0, 0.05) is 28.9 Å². The van der Waals surface area contributed by atoms with Gasteiger partial charge in [0.1, 0.15) is 5.82 Å². The van der Waals surface area contributed by atoms with Gasteiger partial charge in [-0.15, -0.1) is 0 Å². The molecule has 4 heterocycles. The van der Waals surface area contributed by atoms with Crippen molar-refractivity contribution in [3.8, 4) is 22.5 Å². The van der Waals surface area contributed by atoms with Crippen LogP contribution in [0.4, 0.5) is 0 Å². The Balaban J connectivity index is 1.20. The number of hydrogen-bond acceptors (Lipinski definition) is 7. The maximum absolute atomic E-state index is 13.1. The lowest BCUT2D eigenvalue weighted by molar-refractivity contribution is 0.0890. The SMILES string of the molecule is Cc1nn(C(C)C)c(C)c1-c1nc2nccc(-c3ccc4c(c3)CCCC[C@H]4NC(=O)c3nc(C4(C)CC4)no3)c2[nH]1. The number of nitrogens with one attached hydrogen (secondary N) is 2. The molecule has 42 heavy (non-hydrogen) atoms. The standard InChI is InChI=1S/C32H36N8O2/c1-17(2)40-19(4)25(18(3)38-40)27-35-26-23(12-15-33-28(26)36-27)21-10-11-22-20(16-21)8-6-7-9-24(22)34-29(41)30-37-31(39-42-30)32(5)13-14-32/h10-12,15-17,24H,6-9,13-14H2,1-5H3,(H,34,41)(H,33,35,36)/t24-/m1/s1. The van der Waals surface area contributed by atoms with E-state index in [2.05, 4.69) is 71.3 Å². The van der Waals surface area contributed by atoms with Gasteiger partial charge in [-0.2, -0.15) is 10.1 Å². The van der Waals surface area contributed by atoms with Crippen molar-refractivity contribution in [1.82, 2.24) is 40.2 Å². The number of hydrogen-bond donors (Lipinski definition) is 2. The zero-order valence-corrected chi connectivity index (χ0v) is 24.8. The summed E-state index contributed by atoms with van der Waals surface area (Å²) < 4.78 is 7.38. The molecule has 0 unspecified atom stereocenters. The van der Waals surface area contributed by atoms with Crippen molar-refractivity contribution in [2.45, 2.75) is 90.6 Å². The minimum Gasteiger partial charge on any atom is -0.341 e. The van der Waals surface area contributed by atoms with Crippen molar-refractivity contribution in [1.29, 1.82) is 0 Å². The van der Waals surface area contributed by atoms with Crippen molar-refractivity contribution in [2.24, 2.45) is 0 Å². The van der Waals surface area contributed by atoms with Gasteiger partial charge < -0.3 is 14.8 Å². The third kappa shape index (κ3) is 4.49. The van der Waals surface area contributed by atoms with Gasteiger partial charge in [-0.3, -0.25) is 9.48 Å². The summed E-state index contributed by atoms with van der Waals surface area (Å²) in [5.41, 5.74) is 9.10. The number of aromatic nitrogens is 7. The highest BCUT2D eigenvalue weighted by Crippen LogP contribution is 2.46. The van der Waals surface area contributed by atoms with Gasteiger partial charge in [0.05, 0.1) is 22.8 Å². The highest BCUT2D eigenvalue weighted by molar-refractivity contribution is 5.92. The summed E-state index contributed by atoms with van der Waals surface area (Å²) in [6, 6.07) is 8.71. The first-order valence-corrected chi connectivity index (χ1v) is 14.9. The molecule has 1 amide bonds. The molecular weight excluding hydrogens is 528 g/mol. The molecule has 1 fully saturated rings. The van der Waals surface area contributed by atoms with Crippen molar-refractivity contribution < 1.29 is 9.32 Å². The van der Waals surface area contributed by atoms with Crippen LogP contribution in [-0.2, 0) is 11.8 Å². The molecule has 10 nitrogen and oxygen atoms in total. The van der Waals surface area contributed by atoms with E-state index >= 15 is 0 Å². The summed E-state index contributed by atoms with van der Waals surface area (Å²) >= 11 is 0. The van der Waals surface area contributed by atoms with E-state index in [4.69, 9.17) is 14.6 Å². The first-order chi connectivity index (χ1) is 20.2. The number of fused-ring (bicyclic) bond motifs is 2. The van der Waals surface area contributed by atoms with E-state index in [1.54, 1.807) is 0 Å². The lowest BCUT2D eigenvalue weighted by Crippen LogP contribution is -2.29. The summed E-state index contributed by atoms with van der Waals surface area (Å²) in [7, 11) is 0. The van der Waals surface area contributed by atoms with E-state index in [-0.39, 0.29) is 29.3 Å². The molecule has 0 saturated heterocycles. The fourth-order valence-electron chi connectivity index (χ4n) is 6.27. The maximum atomic E-state index is 13.1. The van der Waals surface area contributed by atoms with Gasteiger partial charge in [0.2, 0.25) is 0 Å². The number of aryl methyl sites for hydroxylation is 2. The van der Waals surface area contributed by atoms with Crippen LogP contribution in [0.2, 0.25) is 0 Å². The Morgan fingerprint density at radius 1 is 1.17 bits per heavy atom. The number of amides is 1. The zero-order valence-electron chi connectivity index (χ0n) is 24.8. The van der Waals surface area contributed by atoms with Gasteiger partial charge >= 0.3 is 11.8 Å². The molecule has 216 valence electrons. The molecule has 1 saturated carbocycles. The Morgan fingerprint density at radius 2 is 2.00 bits per heavy atom. The number of aromatic amines is 1. The quantitative estimate of drug-likeness (QED) is 0.231. The second-order valence-corrected chi connectivity index (χ2v) is 12.4. The summed E-state index contributed by atoms with van der Waals surface area (Å²) in [5.74, 6) is 1.14. The van der Waals surface area contributed by atoms with Crippen LogP contribution in [0.1, 0.15) is 104 Å². The molecule has 2 aliphatic carbocycles. The average Bonchev–Trinajstić information content (AvgIpc) is 3.28. The van der Waals surface area contributed by atoms with Crippen molar-refractivity contribution in [2.75, 3.05) is 0 Å². The molecule has 0 bridgehead atoms. The van der Waals surface area contributed by atoms with Crippen LogP contribution in [0, 0.1) is 13.8 Å². The molecule has 0 spiro atoms. The van der Waals surface area contributed by atoms with E-state index in [0.717, 1.165) is 83.5 Å². The first-order valence-electron chi connectivity index (χ1n) is 14.9. The van der Waals surface area contributed by atoms with Crippen LogP contribution in [0.3, 0.4) is 0 Å². The third-order valence-corrected chi connectivity index (χ3v) is 8.93. The zero-order chi connectivity index (χ0) is 29.2. The Labute approximate surface area is 244 Å². The monoisotopic (exact) mass is 564 g/mol. The highest BCUT2D eigenvalue weighted by Gasteiger charge is 2.44. The predicted molar refractivity (Wildman–Crippen MR) is 159 cm³/mol. The topological polar surface area (TPSA) is 127 Å². The molecule has 7 rings (SSSR count). The molecule has 5 aromatic rings. The molecule has 1 atom stereocenters. The molecule has 4 aromatic heterocycles. The highest BCUT2D eigenvalue weighted by atomic mass is 16.5. The number of nitrogens with zero attached hydrogens (tertiary/aromatic N) is 6. The smallest absolute Gasteiger partial charge is 0.315 e. The number of imidazole rings is 1. The largest absolute Gasteiger partial charge is 0.341 e. The molecule has 10 heteroatoms.